The predicted octanol–water partition coefficient (Wildman–Crippen LogP) is 2.08. The van der Waals surface area contributed by atoms with Gasteiger partial charge in [0.05, 0.1) is 18.1 Å². The Labute approximate surface area is 171 Å². The van der Waals surface area contributed by atoms with E-state index < -0.39 is 17.2 Å². The fraction of sp³-hybridized carbons (Fsp3) is 0.318. The van der Waals surface area contributed by atoms with E-state index in [4.69, 9.17) is 0 Å². The van der Waals surface area contributed by atoms with E-state index in [1.54, 1.807) is 4.68 Å². The molecule has 154 valence electrons. The van der Waals surface area contributed by atoms with Crippen LogP contribution in [0.4, 0.5) is 4.39 Å². The Bertz CT molecular complexity index is 1180. The second kappa shape index (κ2) is 7.21. The average Bonchev–Trinajstić information content (AvgIpc) is 3.31. The lowest BCUT2D eigenvalue weighted by atomic mass is 10.1. The van der Waals surface area contributed by atoms with Gasteiger partial charge in [-0.05, 0) is 30.5 Å². The second-order valence-electron chi connectivity index (χ2n) is 7.99. The maximum Gasteiger partial charge on any atom is 0.341 e. The van der Waals surface area contributed by atoms with Gasteiger partial charge in [0.25, 0.3) is 0 Å². The van der Waals surface area contributed by atoms with Crippen molar-refractivity contribution in [1.82, 2.24) is 14.6 Å². The number of fused-ring (bicyclic) bond motifs is 2. The van der Waals surface area contributed by atoms with Crippen LogP contribution in [0.15, 0.2) is 53.6 Å². The summed E-state index contributed by atoms with van der Waals surface area (Å²) in [5.74, 6) is -1.55. The number of pyridine rings is 2. The molecule has 1 N–H and O–H groups in total. The van der Waals surface area contributed by atoms with Crippen LogP contribution in [0, 0.1) is 11.7 Å². The Balaban J connectivity index is 1.49. The van der Waals surface area contributed by atoms with Crippen LogP contribution in [0.5, 0.6) is 0 Å². The van der Waals surface area contributed by atoms with Crippen molar-refractivity contribution in [1.29, 1.82) is 0 Å². The summed E-state index contributed by atoms with van der Waals surface area (Å²) in [4.78, 5) is 30.7. The summed E-state index contributed by atoms with van der Waals surface area (Å²) in [6, 6.07) is 11.7. The minimum atomic E-state index is -1.33. The summed E-state index contributed by atoms with van der Waals surface area (Å²) in [7, 11) is 0. The van der Waals surface area contributed by atoms with Crippen LogP contribution in [0.2, 0.25) is 0 Å². The Morgan fingerprint density at radius 3 is 2.80 bits per heavy atom. The molecule has 8 heteroatoms. The first-order valence-electron chi connectivity index (χ1n) is 9.98. The SMILES string of the molecule is O=C(O)c1cn(N2C[C@@H]3CCN(Cc4ccccc4)[C@@H]3C2)c2ncc(F)cc2c1=O. The number of hydrogen-bond donors (Lipinski definition) is 1. The molecule has 2 fully saturated rings. The summed E-state index contributed by atoms with van der Waals surface area (Å²) < 4.78 is 15.3. The zero-order valence-corrected chi connectivity index (χ0v) is 16.2. The number of carboxylic acid groups (broad SMARTS) is 1. The van der Waals surface area contributed by atoms with Gasteiger partial charge in [-0.15, -0.1) is 0 Å². The number of halogens is 1. The van der Waals surface area contributed by atoms with Gasteiger partial charge in [0.1, 0.15) is 11.4 Å². The van der Waals surface area contributed by atoms with E-state index in [0.717, 1.165) is 38.3 Å². The van der Waals surface area contributed by atoms with Crippen LogP contribution >= 0.6 is 0 Å². The number of aromatic nitrogens is 2. The maximum atomic E-state index is 13.7. The van der Waals surface area contributed by atoms with Crippen LogP contribution in [0.3, 0.4) is 0 Å². The van der Waals surface area contributed by atoms with Gasteiger partial charge in [-0.1, -0.05) is 30.3 Å². The van der Waals surface area contributed by atoms with Crippen LogP contribution in [0.25, 0.3) is 11.0 Å². The molecule has 7 nitrogen and oxygen atoms in total. The molecule has 0 saturated carbocycles. The Kier molecular flexibility index (Phi) is 4.51. The van der Waals surface area contributed by atoms with Crippen molar-refractivity contribution in [2.45, 2.75) is 19.0 Å². The zero-order chi connectivity index (χ0) is 20.8. The number of nitrogens with zero attached hydrogens (tertiary/aromatic N) is 4. The van der Waals surface area contributed by atoms with E-state index >= 15 is 0 Å². The molecule has 0 aliphatic carbocycles. The van der Waals surface area contributed by atoms with E-state index in [1.807, 2.05) is 23.2 Å². The first kappa shape index (κ1) is 18.7. The molecule has 2 aliphatic rings. The topological polar surface area (TPSA) is 78.7 Å². The van der Waals surface area contributed by atoms with Crippen LogP contribution < -0.4 is 10.4 Å². The molecule has 5 rings (SSSR count). The first-order chi connectivity index (χ1) is 14.5. The number of rotatable bonds is 4. The lowest BCUT2D eigenvalue weighted by Gasteiger charge is -2.27. The number of aromatic carboxylic acids is 1. The van der Waals surface area contributed by atoms with Crippen molar-refractivity contribution in [2.75, 3.05) is 24.6 Å². The number of likely N-dealkylation sites (tertiary alicyclic amines) is 1. The largest absolute Gasteiger partial charge is 0.477 e. The molecular formula is C22H21FN4O3. The van der Waals surface area contributed by atoms with Crippen molar-refractivity contribution >= 4 is 17.0 Å². The van der Waals surface area contributed by atoms with Gasteiger partial charge < -0.3 is 10.1 Å². The quantitative estimate of drug-likeness (QED) is 0.712. The van der Waals surface area contributed by atoms with Gasteiger partial charge in [0.2, 0.25) is 5.43 Å². The van der Waals surface area contributed by atoms with Crippen molar-refractivity contribution in [2.24, 2.45) is 5.92 Å². The van der Waals surface area contributed by atoms with E-state index in [2.05, 4.69) is 22.0 Å². The van der Waals surface area contributed by atoms with Crippen LogP contribution in [-0.2, 0) is 6.54 Å². The molecule has 0 unspecified atom stereocenters. The zero-order valence-electron chi connectivity index (χ0n) is 16.2. The highest BCUT2D eigenvalue weighted by Gasteiger charge is 2.41. The molecule has 30 heavy (non-hydrogen) atoms. The summed E-state index contributed by atoms with van der Waals surface area (Å²) in [6.07, 6.45) is 3.43. The number of carbonyl (C=O) groups is 1. The third-order valence-corrected chi connectivity index (χ3v) is 6.20. The molecule has 0 spiro atoms. The fourth-order valence-corrected chi connectivity index (χ4v) is 4.75. The highest BCUT2D eigenvalue weighted by Crippen LogP contribution is 2.32. The molecule has 2 atom stereocenters. The lowest BCUT2D eigenvalue weighted by Crippen LogP contribution is -2.40. The average molecular weight is 408 g/mol. The molecular weight excluding hydrogens is 387 g/mol. The van der Waals surface area contributed by atoms with E-state index in [1.165, 1.54) is 11.8 Å². The van der Waals surface area contributed by atoms with Gasteiger partial charge in [0, 0.05) is 25.3 Å². The molecule has 2 aromatic heterocycles. The van der Waals surface area contributed by atoms with Crippen LogP contribution in [0.1, 0.15) is 22.3 Å². The first-order valence-corrected chi connectivity index (χ1v) is 9.98. The van der Waals surface area contributed by atoms with Crippen molar-refractivity contribution in [3.05, 3.63) is 76.0 Å². The van der Waals surface area contributed by atoms with E-state index in [9.17, 15) is 19.1 Å². The number of carboxylic acids is 1. The molecule has 1 aromatic carbocycles. The number of benzene rings is 1. The molecule has 0 radical (unpaired) electrons. The maximum absolute atomic E-state index is 13.7. The third kappa shape index (κ3) is 3.13. The van der Waals surface area contributed by atoms with Crippen molar-refractivity contribution < 1.29 is 14.3 Å². The summed E-state index contributed by atoms with van der Waals surface area (Å²) in [5, 5.41) is 11.5. The number of hydrogen-bond acceptors (Lipinski definition) is 5. The van der Waals surface area contributed by atoms with Gasteiger partial charge in [-0.3, -0.25) is 9.69 Å². The van der Waals surface area contributed by atoms with E-state index in [-0.39, 0.29) is 16.6 Å². The minimum absolute atomic E-state index is 0.0203. The minimum Gasteiger partial charge on any atom is -0.477 e. The summed E-state index contributed by atoms with van der Waals surface area (Å²) in [6.45, 7) is 3.30. The molecule has 2 saturated heterocycles. The molecule has 4 heterocycles. The monoisotopic (exact) mass is 408 g/mol. The normalized spacial score (nSPS) is 21.3. The molecule has 3 aromatic rings. The fourth-order valence-electron chi connectivity index (χ4n) is 4.75. The highest BCUT2D eigenvalue weighted by atomic mass is 19.1. The smallest absolute Gasteiger partial charge is 0.341 e. The summed E-state index contributed by atoms with van der Waals surface area (Å²) >= 11 is 0. The van der Waals surface area contributed by atoms with Crippen molar-refractivity contribution in [3.63, 3.8) is 0 Å². The van der Waals surface area contributed by atoms with Crippen LogP contribution in [-0.4, -0.2) is 51.3 Å². The molecule has 0 amide bonds. The van der Waals surface area contributed by atoms with Crippen molar-refractivity contribution in [3.8, 4) is 0 Å². The lowest BCUT2D eigenvalue weighted by molar-refractivity contribution is 0.0695. The van der Waals surface area contributed by atoms with Gasteiger partial charge >= 0.3 is 5.97 Å². The highest BCUT2D eigenvalue weighted by molar-refractivity contribution is 5.91. The van der Waals surface area contributed by atoms with E-state index in [0.29, 0.717) is 18.5 Å². The van der Waals surface area contributed by atoms with Gasteiger partial charge in [0.15, 0.2) is 5.65 Å². The predicted molar refractivity (Wildman–Crippen MR) is 110 cm³/mol. The van der Waals surface area contributed by atoms with Gasteiger partial charge in [-0.2, -0.15) is 0 Å². The Morgan fingerprint density at radius 2 is 2.03 bits per heavy atom. The molecule has 2 aliphatic heterocycles. The molecule has 0 bridgehead atoms. The standard InChI is InChI=1S/C22H21FN4O3/c23-16-8-17-20(28)18(22(29)30)12-27(21(17)24-9-16)26-11-15-6-7-25(19(15)13-26)10-14-4-2-1-3-5-14/h1-5,8-9,12,15,19H,6-7,10-11,13H2,(H,29,30)/t15-,19+/m0/s1. The Hall–Kier alpha value is -3.26. The summed E-state index contributed by atoms with van der Waals surface area (Å²) in [5.41, 5.74) is 0.440. The third-order valence-electron chi connectivity index (χ3n) is 6.20. The second-order valence-corrected chi connectivity index (χ2v) is 7.99. The Morgan fingerprint density at radius 1 is 1.23 bits per heavy atom. The van der Waals surface area contributed by atoms with Gasteiger partial charge in [-0.25, -0.2) is 18.8 Å².